The summed E-state index contributed by atoms with van der Waals surface area (Å²) in [5.41, 5.74) is 0. The molecule has 0 radical (unpaired) electrons. The van der Waals surface area contributed by atoms with Crippen molar-refractivity contribution in [3.05, 3.63) is 34.1 Å². The van der Waals surface area contributed by atoms with Gasteiger partial charge in [0.05, 0.1) is 6.04 Å². The molecule has 17 heavy (non-hydrogen) atoms. The van der Waals surface area contributed by atoms with E-state index in [1.807, 2.05) is 6.07 Å². The second kappa shape index (κ2) is 4.58. The minimum atomic E-state index is 0.236. The minimum absolute atomic E-state index is 0.236. The Hall–Kier alpha value is -1.20. The van der Waals surface area contributed by atoms with Gasteiger partial charge in [0.15, 0.2) is 5.82 Å². The maximum Gasteiger partial charge on any atom is 0.244 e. The molecule has 2 aromatic heterocycles. The fourth-order valence-electron chi connectivity index (χ4n) is 2.20. The number of nitrogens with zero attached hydrogens (tertiary/aromatic N) is 2. The van der Waals surface area contributed by atoms with Crippen molar-refractivity contribution in [2.75, 3.05) is 6.54 Å². The van der Waals surface area contributed by atoms with Crippen LogP contribution >= 0.6 is 11.3 Å². The quantitative estimate of drug-likeness (QED) is 0.907. The maximum atomic E-state index is 5.35. The maximum absolute atomic E-state index is 5.35. The average Bonchev–Trinajstić information content (AvgIpc) is 3.00. The zero-order valence-electron chi connectivity index (χ0n) is 9.72. The summed E-state index contributed by atoms with van der Waals surface area (Å²) in [6, 6.07) is 4.37. The molecule has 2 atom stereocenters. The first-order valence-corrected chi connectivity index (χ1v) is 6.79. The third-order valence-corrected chi connectivity index (χ3v) is 4.07. The largest absolute Gasteiger partial charge is 0.338 e. The van der Waals surface area contributed by atoms with E-state index in [0.717, 1.165) is 24.7 Å². The highest BCUT2D eigenvalue weighted by Gasteiger charge is 2.29. The highest BCUT2D eigenvalue weighted by Crippen LogP contribution is 2.27. The number of thiophene rings is 1. The van der Waals surface area contributed by atoms with Gasteiger partial charge in [0.25, 0.3) is 0 Å². The smallest absolute Gasteiger partial charge is 0.244 e. The number of rotatable bonds is 3. The van der Waals surface area contributed by atoms with Crippen molar-refractivity contribution in [1.29, 1.82) is 0 Å². The molecule has 0 spiro atoms. The van der Waals surface area contributed by atoms with Gasteiger partial charge in [-0.15, -0.1) is 11.3 Å². The Morgan fingerprint density at radius 3 is 3.24 bits per heavy atom. The topological polar surface area (TPSA) is 51.0 Å². The van der Waals surface area contributed by atoms with Crippen LogP contribution in [0.15, 0.2) is 22.0 Å². The molecule has 0 aromatic carbocycles. The SMILES string of the molecule is CC1CCNC1c1nc(Cc2cccs2)no1. The minimum Gasteiger partial charge on any atom is -0.338 e. The van der Waals surface area contributed by atoms with Gasteiger partial charge in [0.2, 0.25) is 5.89 Å². The first-order chi connectivity index (χ1) is 8.33. The highest BCUT2D eigenvalue weighted by molar-refractivity contribution is 7.09. The van der Waals surface area contributed by atoms with E-state index in [1.54, 1.807) is 11.3 Å². The second-order valence-corrected chi connectivity index (χ2v) is 5.53. The predicted octanol–water partition coefficient (Wildman–Crippen LogP) is 2.39. The van der Waals surface area contributed by atoms with Crippen molar-refractivity contribution in [2.45, 2.75) is 25.8 Å². The monoisotopic (exact) mass is 249 g/mol. The summed E-state index contributed by atoms with van der Waals surface area (Å²) in [7, 11) is 0. The molecule has 3 rings (SSSR count). The standard InChI is InChI=1S/C12H15N3OS/c1-8-4-5-13-11(8)12-14-10(15-16-12)7-9-3-2-6-17-9/h2-3,6,8,11,13H,4-5,7H2,1H3. The van der Waals surface area contributed by atoms with E-state index in [0.29, 0.717) is 5.92 Å². The van der Waals surface area contributed by atoms with Crippen LogP contribution in [0.3, 0.4) is 0 Å². The van der Waals surface area contributed by atoms with E-state index in [4.69, 9.17) is 4.52 Å². The van der Waals surface area contributed by atoms with E-state index in [-0.39, 0.29) is 6.04 Å². The third kappa shape index (κ3) is 2.25. The Labute approximate surface area is 104 Å². The zero-order valence-corrected chi connectivity index (χ0v) is 10.5. The van der Waals surface area contributed by atoms with E-state index < -0.39 is 0 Å². The number of nitrogens with one attached hydrogen (secondary N) is 1. The third-order valence-electron chi connectivity index (χ3n) is 3.20. The van der Waals surface area contributed by atoms with Gasteiger partial charge in [-0.05, 0) is 30.3 Å². The average molecular weight is 249 g/mol. The van der Waals surface area contributed by atoms with Gasteiger partial charge in [-0.2, -0.15) is 4.98 Å². The molecule has 4 nitrogen and oxygen atoms in total. The number of hydrogen-bond donors (Lipinski definition) is 1. The Morgan fingerprint density at radius 1 is 1.59 bits per heavy atom. The fraction of sp³-hybridized carbons (Fsp3) is 0.500. The van der Waals surface area contributed by atoms with Crippen LogP contribution < -0.4 is 5.32 Å². The molecule has 2 unspecified atom stereocenters. The van der Waals surface area contributed by atoms with Crippen LogP contribution in [0.25, 0.3) is 0 Å². The van der Waals surface area contributed by atoms with Crippen molar-refractivity contribution in [1.82, 2.24) is 15.5 Å². The van der Waals surface area contributed by atoms with Gasteiger partial charge in [0, 0.05) is 11.3 Å². The molecular weight excluding hydrogens is 234 g/mol. The summed E-state index contributed by atoms with van der Waals surface area (Å²) >= 11 is 1.72. The molecule has 0 amide bonds. The molecule has 1 fully saturated rings. The number of hydrogen-bond acceptors (Lipinski definition) is 5. The summed E-state index contributed by atoms with van der Waals surface area (Å²) in [5.74, 6) is 2.09. The Kier molecular flexibility index (Phi) is 2.94. The first-order valence-electron chi connectivity index (χ1n) is 5.91. The van der Waals surface area contributed by atoms with Crippen LogP contribution in [0.1, 0.15) is 36.0 Å². The Morgan fingerprint density at radius 2 is 2.53 bits per heavy atom. The summed E-state index contributed by atoms with van der Waals surface area (Å²) in [6.45, 7) is 3.25. The Bertz CT molecular complexity index is 480. The molecule has 1 saturated heterocycles. The van der Waals surface area contributed by atoms with Crippen molar-refractivity contribution < 1.29 is 4.52 Å². The molecule has 0 bridgehead atoms. The molecule has 0 aliphatic carbocycles. The predicted molar refractivity (Wildman–Crippen MR) is 65.9 cm³/mol. The van der Waals surface area contributed by atoms with Crippen molar-refractivity contribution in [3.8, 4) is 0 Å². The van der Waals surface area contributed by atoms with Crippen molar-refractivity contribution in [2.24, 2.45) is 5.92 Å². The summed E-state index contributed by atoms with van der Waals surface area (Å²) < 4.78 is 5.35. The molecular formula is C12H15N3OS. The summed E-state index contributed by atoms with van der Waals surface area (Å²) in [4.78, 5) is 5.75. The van der Waals surface area contributed by atoms with Crippen LogP contribution in [-0.4, -0.2) is 16.7 Å². The van der Waals surface area contributed by atoms with Crippen LogP contribution in [-0.2, 0) is 6.42 Å². The van der Waals surface area contributed by atoms with Crippen LogP contribution in [0, 0.1) is 5.92 Å². The van der Waals surface area contributed by atoms with Gasteiger partial charge in [-0.1, -0.05) is 18.1 Å². The van der Waals surface area contributed by atoms with E-state index in [9.17, 15) is 0 Å². The van der Waals surface area contributed by atoms with Gasteiger partial charge in [0.1, 0.15) is 0 Å². The van der Waals surface area contributed by atoms with Gasteiger partial charge in [-0.3, -0.25) is 0 Å². The van der Waals surface area contributed by atoms with Gasteiger partial charge >= 0.3 is 0 Å². The molecule has 90 valence electrons. The lowest BCUT2D eigenvalue weighted by Crippen LogP contribution is -2.16. The lowest BCUT2D eigenvalue weighted by atomic mass is 10.0. The van der Waals surface area contributed by atoms with Crippen LogP contribution in [0.2, 0.25) is 0 Å². The Balaban J connectivity index is 1.74. The molecule has 1 aliphatic rings. The molecule has 1 aliphatic heterocycles. The van der Waals surface area contributed by atoms with Crippen LogP contribution in [0.5, 0.6) is 0 Å². The zero-order chi connectivity index (χ0) is 11.7. The summed E-state index contributed by atoms with van der Waals surface area (Å²) in [5, 5.41) is 9.52. The molecule has 3 heterocycles. The fourth-order valence-corrected chi connectivity index (χ4v) is 2.90. The second-order valence-electron chi connectivity index (χ2n) is 4.50. The van der Waals surface area contributed by atoms with Gasteiger partial charge < -0.3 is 9.84 Å². The van der Waals surface area contributed by atoms with Gasteiger partial charge in [-0.25, -0.2) is 0 Å². The van der Waals surface area contributed by atoms with E-state index >= 15 is 0 Å². The van der Waals surface area contributed by atoms with Crippen molar-refractivity contribution >= 4 is 11.3 Å². The van der Waals surface area contributed by atoms with E-state index in [2.05, 4.69) is 33.8 Å². The highest BCUT2D eigenvalue weighted by atomic mass is 32.1. The molecule has 2 aromatic rings. The van der Waals surface area contributed by atoms with Crippen molar-refractivity contribution in [3.63, 3.8) is 0 Å². The van der Waals surface area contributed by atoms with E-state index in [1.165, 1.54) is 11.3 Å². The van der Waals surface area contributed by atoms with Crippen LogP contribution in [0.4, 0.5) is 0 Å². The normalized spacial score (nSPS) is 24.3. The lowest BCUT2D eigenvalue weighted by molar-refractivity contribution is 0.317. The number of aromatic nitrogens is 2. The molecule has 5 heteroatoms. The molecule has 0 saturated carbocycles. The lowest BCUT2D eigenvalue weighted by Gasteiger charge is -2.09. The summed E-state index contributed by atoms with van der Waals surface area (Å²) in [6.07, 6.45) is 1.94. The molecule has 1 N–H and O–H groups in total. The first kappa shape index (κ1) is 10.9.